The Labute approximate surface area is 162 Å². The van der Waals surface area contributed by atoms with Crippen molar-refractivity contribution in [2.45, 2.75) is 132 Å². The molecule has 25 heavy (non-hydrogen) atoms. The summed E-state index contributed by atoms with van der Waals surface area (Å²) in [5, 5.41) is 0. The van der Waals surface area contributed by atoms with Gasteiger partial charge in [-0.3, -0.25) is 0 Å². The maximum absolute atomic E-state index is 6.56. The van der Waals surface area contributed by atoms with Crippen molar-refractivity contribution in [3.05, 3.63) is 13.2 Å². The topological polar surface area (TPSA) is 26.0 Å². The molecule has 0 rings (SSSR count). The molecule has 1 heteroatoms. The molecule has 0 spiro atoms. The fraction of sp³-hybridized carbons (Fsp3) is 0.917. The second kappa shape index (κ2) is 18.5. The molecule has 0 aromatic carbocycles. The van der Waals surface area contributed by atoms with Crippen LogP contribution in [0.5, 0.6) is 0 Å². The van der Waals surface area contributed by atoms with Crippen LogP contribution in [0.25, 0.3) is 0 Å². The first-order valence-corrected chi connectivity index (χ1v) is 11.1. The Morgan fingerprint density at radius 1 is 0.760 bits per heavy atom. The molecule has 0 aliphatic rings. The van der Waals surface area contributed by atoms with E-state index in [2.05, 4.69) is 54.7 Å². The lowest BCUT2D eigenvalue weighted by Gasteiger charge is -2.37. The molecule has 0 heterocycles. The minimum Gasteiger partial charge on any atom is -0.325 e. The summed E-state index contributed by atoms with van der Waals surface area (Å²) in [6, 6.07) is 0. The van der Waals surface area contributed by atoms with Gasteiger partial charge in [-0.25, -0.2) is 0 Å². The van der Waals surface area contributed by atoms with Crippen LogP contribution < -0.4 is 5.73 Å². The molecule has 154 valence electrons. The van der Waals surface area contributed by atoms with Crippen LogP contribution in [0.2, 0.25) is 0 Å². The Balaban J connectivity index is -0.00000112. The van der Waals surface area contributed by atoms with Gasteiger partial charge in [0.2, 0.25) is 0 Å². The van der Waals surface area contributed by atoms with Crippen molar-refractivity contribution in [2.75, 3.05) is 0 Å². The predicted octanol–water partition coefficient (Wildman–Crippen LogP) is 8.53. The van der Waals surface area contributed by atoms with Gasteiger partial charge in [0.25, 0.3) is 0 Å². The van der Waals surface area contributed by atoms with E-state index in [1.807, 2.05) is 13.8 Å². The summed E-state index contributed by atoms with van der Waals surface area (Å²) in [4.78, 5) is 0. The first-order chi connectivity index (χ1) is 11.8. The summed E-state index contributed by atoms with van der Waals surface area (Å²) in [5.41, 5.74) is 7.11. The number of hydrogen-bond acceptors (Lipinski definition) is 1. The fourth-order valence-electron chi connectivity index (χ4n) is 3.42. The van der Waals surface area contributed by atoms with Crippen LogP contribution in [-0.4, -0.2) is 5.54 Å². The summed E-state index contributed by atoms with van der Waals surface area (Å²) in [6.07, 6.45) is 14.6. The van der Waals surface area contributed by atoms with E-state index >= 15 is 0 Å². The largest absolute Gasteiger partial charge is 0.325 e. The summed E-state index contributed by atoms with van der Waals surface area (Å²) in [6.45, 7) is 24.0. The quantitative estimate of drug-likeness (QED) is 0.260. The highest BCUT2D eigenvalue weighted by Crippen LogP contribution is 2.38. The number of unbranched alkanes of at least 4 members (excludes halogenated alkanes) is 3. The van der Waals surface area contributed by atoms with Crippen molar-refractivity contribution in [3.8, 4) is 0 Å². The third-order valence-electron chi connectivity index (χ3n) is 5.92. The van der Waals surface area contributed by atoms with E-state index in [9.17, 15) is 0 Å². The number of hydrogen-bond donors (Lipinski definition) is 1. The summed E-state index contributed by atoms with van der Waals surface area (Å²) in [5.74, 6) is 0.689. The van der Waals surface area contributed by atoms with Gasteiger partial charge in [-0.1, -0.05) is 87.0 Å². The van der Waals surface area contributed by atoms with Crippen LogP contribution in [0, 0.1) is 11.3 Å². The van der Waals surface area contributed by atoms with Crippen LogP contribution >= 0.6 is 0 Å². The standard InChI is InChI=1S/C20H43N.C2H6.C2H4/c1-7-11-12-13-16-19(5,9-3)17-15-18(14-8-2)20(6,21)10-4;2*1-2/h18H,7-17,21H2,1-6H3;1-2H3;1-2H2. The second-order valence-electron chi connectivity index (χ2n) is 7.86. The second-order valence-corrected chi connectivity index (χ2v) is 7.86. The van der Waals surface area contributed by atoms with Gasteiger partial charge < -0.3 is 5.73 Å². The van der Waals surface area contributed by atoms with Crippen molar-refractivity contribution in [1.82, 2.24) is 0 Å². The normalized spacial score (nSPS) is 16.4. The van der Waals surface area contributed by atoms with Crippen LogP contribution in [0.4, 0.5) is 0 Å². The molecule has 0 aliphatic heterocycles. The van der Waals surface area contributed by atoms with Crippen LogP contribution in [-0.2, 0) is 0 Å². The Morgan fingerprint density at radius 2 is 1.32 bits per heavy atom. The first kappa shape index (κ1) is 29.5. The van der Waals surface area contributed by atoms with Crippen molar-refractivity contribution in [3.63, 3.8) is 0 Å². The molecule has 0 saturated heterocycles. The lowest BCUT2D eigenvalue weighted by molar-refractivity contribution is 0.182. The van der Waals surface area contributed by atoms with E-state index < -0.39 is 0 Å². The average molecular weight is 356 g/mol. The fourth-order valence-corrected chi connectivity index (χ4v) is 3.42. The summed E-state index contributed by atoms with van der Waals surface area (Å²) < 4.78 is 0. The van der Waals surface area contributed by atoms with Crippen LogP contribution in [0.1, 0.15) is 126 Å². The summed E-state index contributed by atoms with van der Waals surface area (Å²) in [7, 11) is 0. The molecule has 3 unspecified atom stereocenters. The zero-order valence-corrected chi connectivity index (χ0v) is 19.3. The molecular formula is C24H53N. The van der Waals surface area contributed by atoms with E-state index in [0.717, 1.165) is 6.42 Å². The maximum atomic E-state index is 6.56. The third-order valence-corrected chi connectivity index (χ3v) is 5.92. The molecule has 1 nitrogen and oxygen atoms in total. The lowest BCUT2D eigenvalue weighted by Crippen LogP contribution is -2.44. The monoisotopic (exact) mass is 355 g/mol. The Morgan fingerprint density at radius 3 is 1.72 bits per heavy atom. The first-order valence-electron chi connectivity index (χ1n) is 11.1. The minimum absolute atomic E-state index is 0.0207. The molecule has 0 saturated carbocycles. The summed E-state index contributed by atoms with van der Waals surface area (Å²) >= 11 is 0. The SMILES string of the molecule is C=C.CC.CCCCCCC(C)(CC)CCC(CCC)C(C)(N)CC. The van der Waals surface area contributed by atoms with E-state index in [4.69, 9.17) is 5.73 Å². The molecular weight excluding hydrogens is 302 g/mol. The van der Waals surface area contributed by atoms with Crippen molar-refractivity contribution in [2.24, 2.45) is 17.1 Å². The van der Waals surface area contributed by atoms with Crippen molar-refractivity contribution < 1.29 is 0 Å². The minimum atomic E-state index is 0.0207. The van der Waals surface area contributed by atoms with E-state index in [-0.39, 0.29) is 5.54 Å². The zero-order valence-electron chi connectivity index (χ0n) is 19.3. The zero-order chi connectivity index (χ0) is 20.4. The van der Waals surface area contributed by atoms with E-state index in [0.29, 0.717) is 11.3 Å². The molecule has 2 N–H and O–H groups in total. The molecule has 3 atom stereocenters. The highest BCUT2D eigenvalue weighted by Gasteiger charge is 2.30. The molecule has 0 fully saturated rings. The number of rotatable bonds is 13. The highest BCUT2D eigenvalue weighted by atomic mass is 14.7. The Hall–Kier alpha value is -0.300. The van der Waals surface area contributed by atoms with Gasteiger partial charge in [-0.05, 0) is 50.4 Å². The van der Waals surface area contributed by atoms with Crippen LogP contribution in [0.3, 0.4) is 0 Å². The van der Waals surface area contributed by atoms with Gasteiger partial charge in [0.05, 0.1) is 0 Å². The van der Waals surface area contributed by atoms with Gasteiger partial charge in [0.15, 0.2) is 0 Å². The molecule has 0 aliphatic carbocycles. The Bertz CT molecular complexity index is 259. The van der Waals surface area contributed by atoms with E-state index in [1.54, 1.807) is 0 Å². The lowest BCUT2D eigenvalue weighted by atomic mass is 9.72. The average Bonchev–Trinajstić information content (AvgIpc) is 2.65. The Kier molecular flexibility index (Phi) is 21.8. The van der Waals surface area contributed by atoms with Gasteiger partial charge in [0, 0.05) is 5.54 Å². The predicted molar refractivity (Wildman–Crippen MR) is 120 cm³/mol. The molecule has 0 radical (unpaired) electrons. The molecule has 0 aromatic heterocycles. The number of nitrogens with two attached hydrogens (primary N) is 1. The van der Waals surface area contributed by atoms with Crippen molar-refractivity contribution in [1.29, 1.82) is 0 Å². The highest BCUT2D eigenvalue weighted by molar-refractivity contribution is 4.87. The smallest absolute Gasteiger partial charge is 0.0151 e. The van der Waals surface area contributed by atoms with Gasteiger partial charge in [-0.15, -0.1) is 13.2 Å². The van der Waals surface area contributed by atoms with Crippen LogP contribution in [0.15, 0.2) is 13.2 Å². The van der Waals surface area contributed by atoms with E-state index in [1.165, 1.54) is 64.2 Å². The molecule has 0 bridgehead atoms. The van der Waals surface area contributed by atoms with Gasteiger partial charge in [-0.2, -0.15) is 0 Å². The van der Waals surface area contributed by atoms with Gasteiger partial charge in [0.1, 0.15) is 0 Å². The third kappa shape index (κ3) is 14.5. The molecule has 0 amide bonds. The molecule has 0 aromatic rings. The maximum Gasteiger partial charge on any atom is 0.0151 e. The van der Waals surface area contributed by atoms with Gasteiger partial charge >= 0.3 is 0 Å². The van der Waals surface area contributed by atoms with Crippen molar-refractivity contribution >= 4 is 0 Å².